The molecule has 7 nitrogen and oxygen atoms in total. The van der Waals surface area contributed by atoms with Crippen molar-refractivity contribution in [1.82, 2.24) is 9.78 Å². The Kier molecular flexibility index (Phi) is 6.74. The summed E-state index contributed by atoms with van der Waals surface area (Å²) in [6.45, 7) is 1.53. The molecule has 3 rings (SSSR count). The highest BCUT2D eigenvalue weighted by Crippen LogP contribution is 2.22. The third-order valence-electron chi connectivity index (χ3n) is 3.62. The Bertz CT molecular complexity index is 1000. The van der Waals surface area contributed by atoms with Crippen molar-refractivity contribution in [3.05, 3.63) is 70.3 Å². The topological polar surface area (TPSA) is 79.6 Å². The smallest absolute Gasteiger partial charge is 0.358 e. The minimum absolute atomic E-state index is 0.00298. The van der Waals surface area contributed by atoms with Gasteiger partial charge in [0, 0.05) is 16.1 Å². The maximum atomic E-state index is 12.2. The van der Waals surface area contributed by atoms with Crippen LogP contribution >= 0.6 is 23.2 Å². The van der Waals surface area contributed by atoms with Crippen molar-refractivity contribution in [3.8, 4) is 17.3 Å². The molecule has 0 aliphatic rings. The van der Waals surface area contributed by atoms with E-state index in [1.165, 1.54) is 10.7 Å². The highest BCUT2D eigenvalue weighted by Gasteiger charge is 2.20. The van der Waals surface area contributed by atoms with Crippen LogP contribution in [0.3, 0.4) is 0 Å². The van der Waals surface area contributed by atoms with E-state index in [1.54, 1.807) is 55.5 Å². The number of aromatic nitrogens is 2. The summed E-state index contributed by atoms with van der Waals surface area (Å²) in [7, 11) is 0. The van der Waals surface area contributed by atoms with Crippen LogP contribution in [0.2, 0.25) is 10.0 Å². The van der Waals surface area contributed by atoms with E-state index in [0.717, 1.165) is 0 Å². The second-order valence-electron chi connectivity index (χ2n) is 5.69. The number of ether oxygens (including phenoxy) is 3. The van der Waals surface area contributed by atoms with Gasteiger partial charge < -0.3 is 14.2 Å². The Morgan fingerprint density at radius 2 is 1.62 bits per heavy atom. The Morgan fingerprint density at radius 3 is 2.24 bits per heavy atom. The second kappa shape index (κ2) is 9.45. The average Bonchev–Trinajstić information content (AvgIpc) is 3.12. The van der Waals surface area contributed by atoms with E-state index in [0.29, 0.717) is 21.5 Å². The van der Waals surface area contributed by atoms with E-state index in [9.17, 15) is 9.59 Å². The van der Waals surface area contributed by atoms with Crippen LogP contribution in [-0.4, -0.2) is 34.9 Å². The lowest BCUT2D eigenvalue weighted by Crippen LogP contribution is -2.19. The Labute approximate surface area is 176 Å². The number of hydrogen-bond donors (Lipinski definition) is 0. The van der Waals surface area contributed by atoms with Gasteiger partial charge >= 0.3 is 11.9 Å². The fourth-order valence-corrected chi connectivity index (χ4v) is 2.58. The first-order valence-electron chi connectivity index (χ1n) is 8.58. The van der Waals surface area contributed by atoms with Gasteiger partial charge in [0.15, 0.2) is 12.3 Å². The molecule has 0 saturated carbocycles. The molecule has 0 radical (unpaired) electrons. The monoisotopic (exact) mass is 434 g/mol. The van der Waals surface area contributed by atoms with Gasteiger partial charge in [-0.1, -0.05) is 23.2 Å². The number of esters is 2. The van der Waals surface area contributed by atoms with E-state index in [4.69, 9.17) is 37.4 Å². The molecule has 29 heavy (non-hydrogen) atoms. The van der Waals surface area contributed by atoms with Gasteiger partial charge in [-0.3, -0.25) is 0 Å². The first-order valence-corrected chi connectivity index (χ1v) is 9.34. The first-order chi connectivity index (χ1) is 14.0. The quantitative estimate of drug-likeness (QED) is 0.514. The zero-order valence-electron chi connectivity index (χ0n) is 15.3. The standard InChI is InChI=1S/C20H16Cl2N2O5/c1-2-27-20(26)17-11-18(24(23-17)15-7-3-13(21)4-8-15)29-19(25)12-28-16-9-5-14(22)6-10-16/h3-11H,2,12H2,1H3. The normalized spacial score (nSPS) is 10.4. The van der Waals surface area contributed by atoms with Gasteiger partial charge in [0.2, 0.25) is 5.88 Å². The summed E-state index contributed by atoms with van der Waals surface area (Å²) in [5.74, 6) is -0.801. The Morgan fingerprint density at radius 1 is 1.00 bits per heavy atom. The van der Waals surface area contributed by atoms with Crippen molar-refractivity contribution in [3.63, 3.8) is 0 Å². The number of halogens is 2. The highest BCUT2D eigenvalue weighted by atomic mass is 35.5. The van der Waals surface area contributed by atoms with Crippen molar-refractivity contribution in [1.29, 1.82) is 0 Å². The van der Waals surface area contributed by atoms with Crippen molar-refractivity contribution in [2.75, 3.05) is 13.2 Å². The maximum absolute atomic E-state index is 12.2. The minimum atomic E-state index is -0.675. The molecule has 1 aromatic heterocycles. The van der Waals surface area contributed by atoms with Crippen LogP contribution < -0.4 is 9.47 Å². The molecule has 9 heteroatoms. The molecule has 0 aliphatic carbocycles. The zero-order valence-corrected chi connectivity index (χ0v) is 16.8. The van der Waals surface area contributed by atoms with Crippen LogP contribution in [0.1, 0.15) is 17.4 Å². The zero-order chi connectivity index (χ0) is 20.8. The largest absolute Gasteiger partial charge is 0.482 e. The number of rotatable bonds is 7. The van der Waals surface area contributed by atoms with E-state index >= 15 is 0 Å². The minimum Gasteiger partial charge on any atom is -0.482 e. The van der Waals surface area contributed by atoms with Gasteiger partial charge in [-0.05, 0) is 55.5 Å². The summed E-state index contributed by atoms with van der Waals surface area (Å²) in [5.41, 5.74) is 0.551. The van der Waals surface area contributed by atoms with E-state index in [-0.39, 0.29) is 24.8 Å². The molecule has 1 heterocycles. The predicted octanol–water partition coefficient (Wildman–Crippen LogP) is 4.34. The van der Waals surface area contributed by atoms with E-state index in [1.807, 2.05) is 0 Å². The van der Waals surface area contributed by atoms with Gasteiger partial charge in [-0.15, -0.1) is 0 Å². The lowest BCUT2D eigenvalue weighted by Gasteiger charge is -2.09. The van der Waals surface area contributed by atoms with Gasteiger partial charge in [0.1, 0.15) is 5.75 Å². The number of benzene rings is 2. The number of nitrogens with zero attached hydrogens (tertiary/aromatic N) is 2. The predicted molar refractivity (Wildman–Crippen MR) is 107 cm³/mol. The lowest BCUT2D eigenvalue weighted by atomic mass is 10.3. The van der Waals surface area contributed by atoms with Crippen LogP contribution in [-0.2, 0) is 9.53 Å². The van der Waals surface area contributed by atoms with Crippen LogP contribution in [0.4, 0.5) is 0 Å². The van der Waals surface area contributed by atoms with Gasteiger partial charge in [-0.25, -0.2) is 9.59 Å². The summed E-state index contributed by atoms with van der Waals surface area (Å²) >= 11 is 11.7. The molecule has 2 aromatic carbocycles. The molecule has 0 N–H and O–H groups in total. The SMILES string of the molecule is CCOC(=O)c1cc(OC(=O)COc2ccc(Cl)cc2)n(-c2ccc(Cl)cc2)n1. The van der Waals surface area contributed by atoms with Crippen LogP contribution in [0.15, 0.2) is 54.6 Å². The first kappa shape index (κ1) is 20.7. The molecule has 0 saturated heterocycles. The van der Waals surface area contributed by atoms with Crippen molar-refractivity contribution in [2.45, 2.75) is 6.92 Å². The molecule has 0 aliphatic heterocycles. The second-order valence-corrected chi connectivity index (χ2v) is 6.57. The Hall–Kier alpha value is -3.03. The average molecular weight is 435 g/mol. The fraction of sp³-hybridized carbons (Fsp3) is 0.150. The molecule has 0 fully saturated rings. The lowest BCUT2D eigenvalue weighted by molar-refractivity contribution is -0.137. The van der Waals surface area contributed by atoms with Crippen LogP contribution in [0.25, 0.3) is 5.69 Å². The Balaban J connectivity index is 1.78. The highest BCUT2D eigenvalue weighted by molar-refractivity contribution is 6.30. The van der Waals surface area contributed by atoms with Gasteiger partial charge in [0.05, 0.1) is 12.3 Å². The van der Waals surface area contributed by atoms with Crippen LogP contribution in [0, 0.1) is 0 Å². The van der Waals surface area contributed by atoms with Crippen molar-refractivity contribution >= 4 is 35.1 Å². The molecular formula is C20H16Cl2N2O5. The van der Waals surface area contributed by atoms with E-state index in [2.05, 4.69) is 5.10 Å². The van der Waals surface area contributed by atoms with Crippen LogP contribution in [0.5, 0.6) is 11.6 Å². The third kappa shape index (κ3) is 5.49. The van der Waals surface area contributed by atoms with Crippen molar-refractivity contribution in [2.24, 2.45) is 0 Å². The summed E-state index contributed by atoms with van der Waals surface area (Å²) in [6.07, 6.45) is 0. The molecule has 0 bridgehead atoms. The van der Waals surface area contributed by atoms with Crippen molar-refractivity contribution < 1.29 is 23.8 Å². The number of hydrogen-bond acceptors (Lipinski definition) is 6. The van der Waals surface area contributed by atoms with Gasteiger partial charge in [-0.2, -0.15) is 9.78 Å². The van der Waals surface area contributed by atoms with E-state index < -0.39 is 11.9 Å². The number of carbonyl (C=O) groups excluding carboxylic acids is 2. The molecule has 0 atom stereocenters. The molecular weight excluding hydrogens is 419 g/mol. The molecule has 0 amide bonds. The molecule has 3 aromatic rings. The molecule has 150 valence electrons. The molecule has 0 spiro atoms. The third-order valence-corrected chi connectivity index (χ3v) is 4.13. The van der Waals surface area contributed by atoms with Gasteiger partial charge in [0.25, 0.3) is 0 Å². The fourth-order valence-electron chi connectivity index (χ4n) is 2.33. The summed E-state index contributed by atoms with van der Waals surface area (Å²) in [5, 5.41) is 5.26. The summed E-state index contributed by atoms with van der Waals surface area (Å²) < 4.78 is 17.0. The summed E-state index contributed by atoms with van der Waals surface area (Å²) in [4.78, 5) is 24.3. The summed E-state index contributed by atoms with van der Waals surface area (Å²) in [6, 6.07) is 14.5. The number of carbonyl (C=O) groups is 2. The molecule has 0 unspecified atom stereocenters. The maximum Gasteiger partial charge on any atom is 0.358 e.